The zero-order valence-electron chi connectivity index (χ0n) is 51.9. The standard InChI is InChI=1S/C69H127N2O6P/c1-6-8-10-12-14-16-18-20-22-24-26-28-30-32-33-34-35-36-37-39-41-43-45-47-49-51-53-55-57-59-61-63-69(73)70-67(66-77-78(74,75)76-65-64-71(3,4)5)68(72)62-60-58-56-54-52-50-48-46-44-42-40-38-31-29-27-25-23-21-19-17-15-13-11-9-7-2/h8,10,14,16,20,22,26,28,32-33,35-36,60,62,67-68,72H,6-7,9,11-13,15,17-19,21,23-25,27,29-31,34,37-59,61,63-66H2,1-5H3,(H-,70,73,74,75)/b10-8-,16-14-,22-20-,28-26-,33-32-,36-35-,62-60+. The van der Waals surface area contributed by atoms with Crippen molar-refractivity contribution in [1.82, 2.24) is 5.32 Å². The predicted octanol–water partition coefficient (Wildman–Crippen LogP) is 20.1. The highest BCUT2D eigenvalue weighted by atomic mass is 31.2. The second-order valence-corrected chi connectivity index (χ2v) is 24.9. The summed E-state index contributed by atoms with van der Waals surface area (Å²) < 4.78 is 23.4. The van der Waals surface area contributed by atoms with Gasteiger partial charge in [0.2, 0.25) is 5.91 Å². The van der Waals surface area contributed by atoms with Crippen molar-refractivity contribution in [2.24, 2.45) is 0 Å². The molecular weight excluding hydrogens is 984 g/mol. The maximum atomic E-state index is 13.0. The number of aliphatic hydroxyl groups excluding tert-OH is 1. The van der Waals surface area contributed by atoms with Crippen molar-refractivity contribution < 1.29 is 32.9 Å². The van der Waals surface area contributed by atoms with E-state index in [-0.39, 0.29) is 19.1 Å². The zero-order chi connectivity index (χ0) is 57.0. The average Bonchev–Trinajstić information content (AvgIpc) is 3.41. The smallest absolute Gasteiger partial charge is 0.268 e. The van der Waals surface area contributed by atoms with Gasteiger partial charge < -0.3 is 28.8 Å². The largest absolute Gasteiger partial charge is 0.756 e. The summed E-state index contributed by atoms with van der Waals surface area (Å²) in [5.74, 6) is -0.199. The number of quaternary nitrogens is 1. The van der Waals surface area contributed by atoms with E-state index in [1.165, 1.54) is 199 Å². The van der Waals surface area contributed by atoms with Gasteiger partial charge in [-0.3, -0.25) is 9.36 Å². The van der Waals surface area contributed by atoms with Crippen molar-refractivity contribution in [3.63, 3.8) is 0 Å². The van der Waals surface area contributed by atoms with Gasteiger partial charge >= 0.3 is 0 Å². The highest BCUT2D eigenvalue weighted by Crippen LogP contribution is 2.38. The van der Waals surface area contributed by atoms with E-state index in [1.54, 1.807) is 6.08 Å². The molecule has 2 N–H and O–H groups in total. The van der Waals surface area contributed by atoms with E-state index in [9.17, 15) is 19.4 Å². The van der Waals surface area contributed by atoms with E-state index in [2.05, 4.69) is 92.1 Å². The molecule has 0 saturated heterocycles. The van der Waals surface area contributed by atoms with Gasteiger partial charge in [-0.15, -0.1) is 0 Å². The third kappa shape index (κ3) is 61.3. The van der Waals surface area contributed by atoms with Crippen molar-refractivity contribution in [1.29, 1.82) is 0 Å². The van der Waals surface area contributed by atoms with E-state index in [4.69, 9.17) is 9.05 Å². The molecule has 78 heavy (non-hydrogen) atoms. The Hall–Kier alpha value is -2.32. The summed E-state index contributed by atoms with van der Waals surface area (Å²) in [5.41, 5.74) is 0. The number of phosphoric acid groups is 1. The number of unbranched alkanes of at least 4 members (excludes halogenated alkanes) is 35. The number of carbonyl (C=O) groups is 1. The van der Waals surface area contributed by atoms with Gasteiger partial charge in [0.25, 0.3) is 7.82 Å². The second kappa shape index (κ2) is 59.3. The summed E-state index contributed by atoms with van der Waals surface area (Å²) in [6.07, 6.45) is 83.9. The average molecular weight is 1110 g/mol. The first-order valence-corrected chi connectivity index (χ1v) is 34.4. The van der Waals surface area contributed by atoms with Gasteiger partial charge in [-0.05, 0) is 70.6 Å². The molecule has 0 aromatic rings. The maximum Gasteiger partial charge on any atom is 0.268 e. The van der Waals surface area contributed by atoms with Crippen LogP contribution in [0.3, 0.4) is 0 Å². The summed E-state index contributed by atoms with van der Waals surface area (Å²) in [4.78, 5) is 25.6. The summed E-state index contributed by atoms with van der Waals surface area (Å²) in [6.45, 7) is 4.56. The molecule has 0 rings (SSSR count). The highest BCUT2D eigenvalue weighted by molar-refractivity contribution is 7.45. The van der Waals surface area contributed by atoms with Crippen LogP contribution in [0.25, 0.3) is 0 Å². The molecule has 0 fully saturated rings. The number of amides is 1. The van der Waals surface area contributed by atoms with Gasteiger partial charge in [-0.25, -0.2) is 0 Å². The normalized spacial score (nSPS) is 14.3. The van der Waals surface area contributed by atoms with Crippen LogP contribution in [0.5, 0.6) is 0 Å². The zero-order valence-corrected chi connectivity index (χ0v) is 52.7. The third-order valence-electron chi connectivity index (χ3n) is 14.6. The van der Waals surface area contributed by atoms with E-state index in [0.717, 1.165) is 77.0 Å². The number of nitrogens with one attached hydrogen (secondary N) is 1. The molecule has 0 aliphatic rings. The lowest BCUT2D eigenvalue weighted by Crippen LogP contribution is -2.45. The Morgan fingerprint density at radius 3 is 1.14 bits per heavy atom. The van der Waals surface area contributed by atoms with Crippen LogP contribution in [0.4, 0.5) is 0 Å². The van der Waals surface area contributed by atoms with Gasteiger partial charge in [0.1, 0.15) is 13.2 Å². The first-order chi connectivity index (χ1) is 38.0. The Kier molecular flexibility index (Phi) is 57.5. The summed E-state index contributed by atoms with van der Waals surface area (Å²) in [6, 6.07) is -0.894. The minimum absolute atomic E-state index is 0.00381. The molecule has 0 aromatic carbocycles. The minimum Gasteiger partial charge on any atom is -0.756 e. The van der Waals surface area contributed by atoms with Crippen LogP contribution in [0.2, 0.25) is 0 Å². The van der Waals surface area contributed by atoms with Crippen LogP contribution >= 0.6 is 7.82 Å². The Morgan fingerprint density at radius 1 is 0.462 bits per heavy atom. The van der Waals surface area contributed by atoms with Gasteiger partial charge in [0.05, 0.1) is 39.9 Å². The number of hydrogen-bond acceptors (Lipinski definition) is 6. The van der Waals surface area contributed by atoms with Crippen LogP contribution in [0.1, 0.15) is 296 Å². The molecule has 0 bridgehead atoms. The maximum absolute atomic E-state index is 13.0. The first kappa shape index (κ1) is 75.7. The van der Waals surface area contributed by atoms with Crippen molar-refractivity contribution in [3.8, 4) is 0 Å². The number of hydrogen-bond donors (Lipinski definition) is 2. The number of allylic oxidation sites excluding steroid dienone is 13. The molecule has 0 heterocycles. The Morgan fingerprint density at radius 2 is 0.782 bits per heavy atom. The van der Waals surface area contributed by atoms with E-state index in [0.29, 0.717) is 17.4 Å². The fraction of sp³-hybridized carbons (Fsp3) is 0.783. The number of likely N-dealkylation sites (N-methyl/N-ethyl adjacent to an activating group) is 1. The topological polar surface area (TPSA) is 108 Å². The molecule has 3 atom stereocenters. The monoisotopic (exact) mass is 1110 g/mol. The lowest BCUT2D eigenvalue weighted by Gasteiger charge is -2.29. The fourth-order valence-corrected chi connectivity index (χ4v) is 10.2. The molecule has 0 saturated carbocycles. The molecule has 0 spiro atoms. The number of rotatable bonds is 60. The number of phosphoric ester groups is 1. The van der Waals surface area contributed by atoms with Crippen molar-refractivity contribution in [2.45, 2.75) is 309 Å². The molecule has 3 unspecified atom stereocenters. The SMILES string of the molecule is CC/C=C\C/C=C\C/C=C\C/C=C\C/C=C\C/C=C\CCCCCCCCCCCCCCC(=O)NC(COP(=O)([O-])OCC[N+](C)(C)C)C(O)/C=C/CCCCCCCCCCCCCCCCCCCCCCCCC. The molecule has 0 aliphatic carbocycles. The van der Waals surface area contributed by atoms with Crippen molar-refractivity contribution in [2.75, 3.05) is 40.9 Å². The van der Waals surface area contributed by atoms with Crippen LogP contribution < -0.4 is 10.2 Å². The van der Waals surface area contributed by atoms with Crippen LogP contribution in [0, 0.1) is 0 Å². The quantitative estimate of drug-likeness (QED) is 0.0272. The Balaban J connectivity index is 4.14. The molecule has 8 nitrogen and oxygen atoms in total. The Labute approximate surface area is 484 Å². The Bertz CT molecular complexity index is 1550. The number of nitrogens with zero attached hydrogens (tertiary/aromatic N) is 1. The molecule has 0 aromatic heterocycles. The summed E-state index contributed by atoms with van der Waals surface area (Å²) >= 11 is 0. The molecule has 9 heteroatoms. The fourth-order valence-electron chi connectivity index (χ4n) is 9.51. The molecule has 1 amide bonds. The first-order valence-electron chi connectivity index (χ1n) is 32.9. The second-order valence-electron chi connectivity index (χ2n) is 23.4. The predicted molar refractivity (Wildman–Crippen MR) is 339 cm³/mol. The number of aliphatic hydroxyl groups is 1. The van der Waals surface area contributed by atoms with Crippen molar-refractivity contribution >= 4 is 13.7 Å². The molecule has 0 radical (unpaired) electrons. The molecule has 454 valence electrons. The van der Waals surface area contributed by atoms with Gasteiger partial charge in [-0.2, -0.15) is 0 Å². The van der Waals surface area contributed by atoms with E-state index in [1.807, 2.05) is 27.2 Å². The molecular formula is C69H127N2O6P. The van der Waals surface area contributed by atoms with Gasteiger partial charge in [0.15, 0.2) is 0 Å². The van der Waals surface area contributed by atoms with Gasteiger partial charge in [0, 0.05) is 6.42 Å². The van der Waals surface area contributed by atoms with Crippen molar-refractivity contribution in [3.05, 3.63) is 85.1 Å². The third-order valence-corrected chi connectivity index (χ3v) is 15.6. The van der Waals surface area contributed by atoms with Gasteiger partial charge in [-0.1, -0.05) is 304 Å². The minimum atomic E-state index is -4.61. The van der Waals surface area contributed by atoms with Crippen LogP contribution in [-0.2, 0) is 18.4 Å². The summed E-state index contributed by atoms with van der Waals surface area (Å²) in [5, 5.41) is 14.0. The van der Waals surface area contributed by atoms with Crippen LogP contribution in [0.15, 0.2) is 85.1 Å². The molecule has 0 aliphatic heterocycles. The van der Waals surface area contributed by atoms with E-state index < -0.39 is 20.0 Å². The lowest BCUT2D eigenvalue weighted by atomic mass is 10.0. The highest BCUT2D eigenvalue weighted by Gasteiger charge is 2.23. The van der Waals surface area contributed by atoms with E-state index >= 15 is 0 Å². The van der Waals surface area contributed by atoms with Crippen LogP contribution in [-0.4, -0.2) is 68.5 Å². The lowest BCUT2D eigenvalue weighted by molar-refractivity contribution is -0.870. The number of carbonyl (C=O) groups excluding carboxylic acids is 1. The summed E-state index contributed by atoms with van der Waals surface area (Å²) in [7, 11) is 1.26.